The monoisotopic (exact) mass is 276 g/mol. The van der Waals surface area contributed by atoms with Crippen molar-refractivity contribution in [1.82, 2.24) is 10.6 Å². The summed E-state index contributed by atoms with van der Waals surface area (Å²) >= 11 is 0. The number of rotatable bonds is 6. The van der Waals surface area contributed by atoms with Crippen molar-refractivity contribution in [2.45, 2.75) is 50.3 Å². The minimum absolute atomic E-state index is 0.0114. The fourth-order valence-corrected chi connectivity index (χ4v) is 4.44. The Morgan fingerprint density at radius 2 is 1.94 bits per heavy atom. The molecule has 0 aromatic rings. The third kappa shape index (κ3) is 4.24. The summed E-state index contributed by atoms with van der Waals surface area (Å²) in [7, 11) is -1.56. The summed E-state index contributed by atoms with van der Waals surface area (Å²) in [4.78, 5) is 11.5. The van der Waals surface area contributed by atoms with Gasteiger partial charge in [-0.15, -0.1) is 0 Å². The Labute approximate surface area is 110 Å². The molecule has 1 fully saturated rings. The molecular formula is C12H24N2O3S. The molecule has 0 radical (unpaired) electrons. The molecule has 2 unspecified atom stereocenters. The highest BCUT2D eigenvalue weighted by molar-refractivity contribution is 7.92. The highest BCUT2D eigenvalue weighted by atomic mass is 32.2. The summed E-state index contributed by atoms with van der Waals surface area (Å²) in [5.74, 6) is -0.757. The van der Waals surface area contributed by atoms with Gasteiger partial charge in [0.15, 0.2) is 9.84 Å². The number of hydrogen-bond donors (Lipinski definition) is 2. The van der Waals surface area contributed by atoms with E-state index in [4.69, 9.17) is 0 Å². The van der Waals surface area contributed by atoms with Crippen molar-refractivity contribution in [2.24, 2.45) is 0 Å². The first-order valence-corrected chi connectivity index (χ1v) is 8.38. The van der Waals surface area contributed by atoms with Gasteiger partial charge in [-0.3, -0.25) is 4.79 Å². The molecule has 2 atom stereocenters. The number of sulfone groups is 1. The summed E-state index contributed by atoms with van der Waals surface area (Å²) in [6.45, 7) is 2.47. The van der Waals surface area contributed by atoms with Gasteiger partial charge in [-0.1, -0.05) is 19.8 Å². The SMILES string of the molecule is CCCNC(=O)CS(=O)(=O)C1CCCCC1NC. The molecule has 18 heavy (non-hydrogen) atoms. The van der Waals surface area contributed by atoms with Gasteiger partial charge in [-0.25, -0.2) is 8.42 Å². The Bertz CT molecular complexity index is 368. The van der Waals surface area contributed by atoms with Gasteiger partial charge >= 0.3 is 0 Å². The zero-order valence-electron chi connectivity index (χ0n) is 11.2. The van der Waals surface area contributed by atoms with Gasteiger partial charge in [0.25, 0.3) is 0 Å². The van der Waals surface area contributed by atoms with Gasteiger partial charge in [0.2, 0.25) is 5.91 Å². The molecule has 2 N–H and O–H groups in total. The van der Waals surface area contributed by atoms with Crippen molar-refractivity contribution in [3.05, 3.63) is 0 Å². The zero-order chi connectivity index (χ0) is 13.6. The molecule has 0 aliphatic heterocycles. The Morgan fingerprint density at radius 1 is 1.28 bits per heavy atom. The highest BCUT2D eigenvalue weighted by Gasteiger charge is 2.35. The fourth-order valence-electron chi connectivity index (χ4n) is 2.46. The summed E-state index contributed by atoms with van der Waals surface area (Å²) in [5, 5.41) is 5.27. The first kappa shape index (κ1) is 15.4. The van der Waals surface area contributed by atoms with Crippen LogP contribution in [0.25, 0.3) is 0 Å². The quantitative estimate of drug-likeness (QED) is 0.739. The zero-order valence-corrected chi connectivity index (χ0v) is 12.1. The average molecular weight is 276 g/mol. The number of nitrogens with one attached hydrogen (secondary N) is 2. The number of hydrogen-bond acceptors (Lipinski definition) is 4. The van der Waals surface area contributed by atoms with Gasteiger partial charge in [0.1, 0.15) is 5.75 Å². The summed E-state index contributed by atoms with van der Waals surface area (Å²) in [5.41, 5.74) is 0. The van der Waals surface area contributed by atoms with Crippen LogP contribution in [0.2, 0.25) is 0 Å². The highest BCUT2D eigenvalue weighted by Crippen LogP contribution is 2.24. The standard InChI is InChI=1S/C12H24N2O3S/c1-3-8-14-12(15)9-18(16,17)11-7-5-4-6-10(11)13-2/h10-11,13H,3-9H2,1-2H3,(H,14,15). The van der Waals surface area contributed by atoms with Gasteiger partial charge < -0.3 is 10.6 Å². The molecule has 1 rings (SSSR count). The Hall–Kier alpha value is -0.620. The number of amides is 1. The van der Waals surface area contributed by atoms with Crippen LogP contribution in [0.1, 0.15) is 39.0 Å². The van der Waals surface area contributed by atoms with E-state index in [2.05, 4.69) is 10.6 Å². The van der Waals surface area contributed by atoms with E-state index in [0.29, 0.717) is 13.0 Å². The van der Waals surface area contributed by atoms with Crippen molar-refractivity contribution in [2.75, 3.05) is 19.3 Å². The maximum Gasteiger partial charge on any atom is 0.235 e. The van der Waals surface area contributed by atoms with Crippen molar-refractivity contribution >= 4 is 15.7 Å². The smallest absolute Gasteiger partial charge is 0.235 e. The summed E-state index contributed by atoms with van der Waals surface area (Å²) in [6, 6.07) is -0.0114. The van der Waals surface area contributed by atoms with Crippen LogP contribution in [-0.2, 0) is 14.6 Å². The fraction of sp³-hybridized carbons (Fsp3) is 0.917. The Morgan fingerprint density at radius 3 is 2.56 bits per heavy atom. The average Bonchev–Trinajstić information content (AvgIpc) is 2.35. The molecule has 0 aromatic heterocycles. The minimum Gasteiger partial charge on any atom is -0.355 e. The van der Waals surface area contributed by atoms with Crippen LogP contribution in [0.15, 0.2) is 0 Å². The van der Waals surface area contributed by atoms with Crippen LogP contribution in [0.4, 0.5) is 0 Å². The van der Waals surface area contributed by atoms with E-state index in [1.165, 1.54) is 0 Å². The molecule has 1 amide bonds. The van der Waals surface area contributed by atoms with Crippen LogP contribution in [0.5, 0.6) is 0 Å². The maximum atomic E-state index is 12.2. The van der Waals surface area contributed by atoms with Crippen LogP contribution >= 0.6 is 0 Å². The lowest BCUT2D eigenvalue weighted by Gasteiger charge is -2.30. The van der Waals surface area contributed by atoms with E-state index < -0.39 is 15.1 Å². The number of carbonyl (C=O) groups is 1. The lowest BCUT2D eigenvalue weighted by Crippen LogP contribution is -2.47. The minimum atomic E-state index is -3.35. The van der Waals surface area contributed by atoms with Gasteiger partial charge in [0, 0.05) is 12.6 Å². The van der Waals surface area contributed by atoms with E-state index in [1.54, 1.807) is 7.05 Å². The second-order valence-corrected chi connectivity index (χ2v) is 7.10. The topological polar surface area (TPSA) is 75.3 Å². The molecule has 0 heterocycles. The van der Waals surface area contributed by atoms with Crippen LogP contribution in [0, 0.1) is 0 Å². The van der Waals surface area contributed by atoms with E-state index in [9.17, 15) is 13.2 Å². The summed E-state index contributed by atoms with van der Waals surface area (Å²) < 4.78 is 24.5. The number of carbonyl (C=O) groups excluding carboxylic acids is 1. The maximum absolute atomic E-state index is 12.2. The molecular weight excluding hydrogens is 252 g/mol. The van der Waals surface area contributed by atoms with Gasteiger partial charge in [-0.2, -0.15) is 0 Å². The second kappa shape index (κ2) is 7.09. The van der Waals surface area contributed by atoms with E-state index in [0.717, 1.165) is 25.7 Å². The van der Waals surface area contributed by atoms with E-state index in [1.807, 2.05) is 6.92 Å². The van der Waals surface area contributed by atoms with Gasteiger partial charge in [0.05, 0.1) is 5.25 Å². The third-order valence-corrected chi connectivity index (χ3v) is 5.59. The first-order chi connectivity index (χ1) is 8.51. The molecule has 0 saturated heterocycles. The lowest BCUT2D eigenvalue weighted by atomic mass is 9.95. The van der Waals surface area contributed by atoms with Crippen LogP contribution < -0.4 is 10.6 Å². The van der Waals surface area contributed by atoms with Crippen molar-refractivity contribution < 1.29 is 13.2 Å². The molecule has 5 nitrogen and oxygen atoms in total. The molecule has 0 spiro atoms. The molecule has 0 aromatic carbocycles. The van der Waals surface area contributed by atoms with Crippen molar-refractivity contribution in [3.8, 4) is 0 Å². The van der Waals surface area contributed by atoms with Crippen molar-refractivity contribution in [3.63, 3.8) is 0 Å². The molecule has 6 heteroatoms. The molecule has 1 saturated carbocycles. The summed E-state index contributed by atoms with van der Waals surface area (Å²) in [6.07, 6.45) is 4.33. The molecule has 1 aliphatic rings. The predicted molar refractivity (Wildman–Crippen MR) is 72.2 cm³/mol. The van der Waals surface area contributed by atoms with Crippen LogP contribution in [0.3, 0.4) is 0 Å². The lowest BCUT2D eigenvalue weighted by molar-refractivity contribution is -0.118. The Balaban J connectivity index is 2.63. The first-order valence-electron chi connectivity index (χ1n) is 6.66. The van der Waals surface area contributed by atoms with E-state index >= 15 is 0 Å². The molecule has 1 aliphatic carbocycles. The largest absolute Gasteiger partial charge is 0.355 e. The van der Waals surface area contributed by atoms with Crippen LogP contribution in [-0.4, -0.2) is 45.0 Å². The normalized spacial score (nSPS) is 24.8. The second-order valence-electron chi connectivity index (χ2n) is 4.88. The van der Waals surface area contributed by atoms with E-state index in [-0.39, 0.29) is 17.7 Å². The third-order valence-electron chi connectivity index (χ3n) is 3.44. The Kier molecular flexibility index (Phi) is 6.08. The molecule has 0 bridgehead atoms. The predicted octanol–water partition coefficient (Wildman–Crippen LogP) is 0.458. The van der Waals surface area contributed by atoms with Crippen molar-refractivity contribution in [1.29, 1.82) is 0 Å². The van der Waals surface area contributed by atoms with Gasteiger partial charge in [-0.05, 0) is 26.3 Å². The molecule has 106 valence electrons.